The average Bonchev–Trinajstić information content (AvgIpc) is 3.60. The number of nitrogens with zero attached hydrogens (tertiary/aromatic N) is 7. The normalized spacial score (nSPS) is 11.0. The summed E-state index contributed by atoms with van der Waals surface area (Å²) in [5.41, 5.74) is 21.0. The molecule has 262 valence electrons. The van der Waals surface area contributed by atoms with Gasteiger partial charge in [-0.1, -0.05) is 19.4 Å². The van der Waals surface area contributed by atoms with Crippen LogP contribution in [0, 0.1) is 41.5 Å². The molecule has 0 aromatic carbocycles. The zero-order valence-electron chi connectivity index (χ0n) is 30.4. The van der Waals surface area contributed by atoms with Gasteiger partial charge >= 0.3 is 0 Å². The molecule has 0 amide bonds. The first-order valence-corrected chi connectivity index (χ1v) is 16.9. The monoisotopic (exact) mass is 661 g/mol. The number of nitrogens with two attached hydrogens (primary N) is 2. The predicted molar refractivity (Wildman–Crippen MR) is 194 cm³/mol. The first-order chi connectivity index (χ1) is 23.0. The van der Waals surface area contributed by atoms with Crippen molar-refractivity contribution >= 4 is 33.7 Å². The second-order valence-electron chi connectivity index (χ2n) is 11.6. The quantitative estimate of drug-likeness (QED) is 0.136. The van der Waals surface area contributed by atoms with Gasteiger partial charge in [-0.15, -0.1) is 0 Å². The van der Waals surface area contributed by atoms with Gasteiger partial charge in [-0.05, 0) is 84.6 Å². The van der Waals surface area contributed by atoms with E-state index in [0.29, 0.717) is 44.7 Å². The van der Waals surface area contributed by atoms with Gasteiger partial charge in [0.1, 0.15) is 29.3 Å². The van der Waals surface area contributed by atoms with Crippen molar-refractivity contribution in [3.63, 3.8) is 0 Å². The van der Waals surface area contributed by atoms with Crippen LogP contribution in [-0.2, 0) is 33.9 Å². The summed E-state index contributed by atoms with van der Waals surface area (Å²) in [5, 5.41) is 0. The number of anilines is 2. The number of hydrogen-bond acceptors (Lipinski definition) is 10. The lowest BCUT2D eigenvalue weighted by Crippen LogP contribution is -2.11. The minimum absolute atomic E-state index is 0.467. The number of pyridine rings is 3. The summed E-state index contributed by atoms with van der Waals surface area (Å²) in [4.78, 5) is 21.8. The van der Waals surface area contributed by atoms with E-state index in [1.807, 2.05) is 66.8 Å². The molecule has 0 bridgehead atoms. The first kappa shape index (κ1) is 38.3. The van der Waals surface area contributed by atoms with Crippen molar-refractivity contribution in [3.8, 4) is 0 Å². The summed E-state index contributed by atoms with van der Waals surface area (Å²) >= 11 is 0. The summed E-state index contributed by atoms with van der Waals surface area (Å²) in [6.07, 6.45) is 5.87. The van der Waals surface area contributed by atoms with E-state index in [4.69, 9.17) is 25.7 Å². The van der Waals surface area contributed by atoms with Crippen LogP contribution in [0.1, 0.15) is 73.3 Å². The van der Waals surface area contributed by atoms with Crippen LogP contribution in [0.5, 0.6) is 0 Å². The predicted octanol–water partition coefficient (Wildman–Crippen LogP) is 6.35. The zero-order valence-corrected chi connectivity index (χ0v) is 30.4. The molecule has 0 aliphatic heterocycles. The van der Waals surface area contributed by atoms with Crippen molar-refractivity contribution in [1.82, 2.24) is 34.1 Å². The Morgan fingerprint density at radius 1 is 0.688 bits per heavy atom. The second-order valence-corrected chi connectivity index (χ2v) is 11.6. The molecular weight excluding hydrogens is 606 g/mol. The minimum atomic E-state index is 0.467. The fourth-order valence-electron chi connectivity index (χ4n) is 5.23. The maximum absolute atomic E-state index is 6.03. The number of aryl methyl sites for hydroxylation is 6. The molecule has 0 saturated heterocycles. The Morgan fingerprint density at radius 2 is 1.27 bits per heavy atom. The number of ether oxygens (including phenoxy) is 3. The SMILES string of the molecule is CCCCOCCn1c(C)nc2c(N)nc(C)c(C)c21.CCOCCn1c(COCC)nc2c(N)nc(C)c(C)c21.Cc1cccnc1. The number of hydrogen-bond donors (Lipinski definition) is 2. The first-order valence-electron chi connectivity index (χ1n) is 16.9. The fourth-order valence-corrected chi connectivity index (χ4v) is 5.23. The number of imidazole rings is 2. The summed E-state index contributed by atoms with van der Waals surface area (Å²) < 4.78 is 21.0. The van der Waals surface area contributed by atoms with Gasteiger partial charge in [0.05, 0.1) is 24.2 Å². The van der Waals surface area contributed by atoms with E-state index in [1.165, 1.54) is 5.56 Å². The molecule has 0 aliphatic rings. The largest absolute Gasteiger partial charge is 0.382 e. The molecular formula is C36H55N9O3. The van der Waals surface area contributed by atoms with Crippen molar-refractivity contribution in [2.75, 3.05) is 44.5 Å². The number of nitrogen functional groups attached to an aromatic ring is 2. The molecule has 5 aromatic rings. The van der Waals surface area contributed by atoms with Crippen LogP contribution in [0.4, 0.5) is 11.6 Å². The van der Waals surface area contributed by atoms with E-state index in [-0.39, 0.29) is 0 Å². The lowest BCUT2D eigenvalue weighted by Gasteiger charge is -2.11. The van der Waals surface area contributed by atoms with Crippen LogP contribution in [0.15, 0.2) is 24.5 Å². The van der Waals surface area contributed by atoms with Crippen LogP contribution in [0.3, 0.4) is 0 Å². The third-order valence-electron chi connectivity index (χ3n) is 8.07. The maximum Gasteiger partial charge on any atom is 0.151 e. The van der Waals surface area contributed by atoms with E-state index < -0.39 is 0 Å². The number of aromatic nitrogens is 7. The summed E-state index contributed by atoms with van der Waals surface area (Å²) in [6, 6.07) is 3.95. The molecule has 12 heteroatoms. The van der Waals surface area contributed by atoms with Gasteiger partial charge in [0.25, 0.3) is 0 Å². The van der Waals surface area contributed by atoms with Crippen LogP contribution >= 0.6 is 0 Å². The van der Waals surface area contributed by atoms with E-state index in [9.17, 15) is 0 Å². The van der Waals surface area contributed by atoms with Crippen molar-refractivity contribution in [2.45, 2.75) is 94.9 Å². The standard InChI is InChI=1S/C15H24N4O2.C15H24N4O.C6H7N/c1-5-20-8-7-19-12(9-21-6-2)18-13-14(19)10(3)11(4)17-15(13)16;1-5-6-8-20-9-7-19-12(4)18-13-14(19)10(2)11(3)17-15(13)16;1-6-3-2-4-7-5-6/h5-9H2,1-4H3,(H2,16,17);5-9H2,1-4H3,(H2,16,17);2-5H,1H3. The third kappa shape index (κ3) is 9.94. The van der Waals surface area contributed by atoms with Crippen LogP contribution in [-0.4, -0.2) is 67.1 Å². The smallest absolute Gasteiger partial charge is 0.151 e. The zero-order chi connectivity index (χ0) is 35.2. The van der Waals surface area contributed by atoms with Crippen molar-refractivity contribution in [1.29, 1.82) is 0 Å². The molecule has 0 fully saturated rings. The Balaban J connectivity index is 0.000000217. The van der Waals surface area contributed by atoms with Gasteiger partial charge < -0.3 is 34.8 Å². The third-order valence-corrected chi connectivity index (χ3v) is 8.07. The molecule has 5 rings (SSSR count). The molecule has 0 saturated carbocycles. The van der Waals surface area contributed by atoms with Gasteiger partial charge in [-0.25, -0.2) is 19.9 Å². The average molecular weight is 662 g/mol. The highest BCUT2D eigenvalue weighted by Gasteiger charge is 2.18. The summed E-state index contributed by atoms with van der Waals surface area (Å²) in [7, 11) is 0. The Kier molecular flexibility index (Phi) is 15.2. The highest BCUT2D eigenvalue weighted by atomic mass is 16.5. The molecule has 0 aliphatic carbocycles. The Morgan fingerprint density at radius 3 is 1.81 bits per heavy atom. The molecule has 0 spiro atoms. The number of rotatable bonds is 13. The molecule has 5 aromatic heterocycles. The highest BCUT2D eigenvalue weighted by Crippen LogP contribution is 2.27. The van der Waals surface area contributed by atoms with Crippen LogP contribution in [0.25, 0.3) is 22.1 Å². The van der Waals surface area contributed by atoms with Crippen LogP contribution < -0.4 is 11.5 Å². The topological polar surface area (TPSA) is 154 Å². The second kappa shape index (κ2) is 19.0. The fraction of sp³-hybridized carbons (Fsp3) is 0.528. The molecule has 12 nitrogen and oxygen atoms in total. The van der Waals surface area contributed by atoms with E-state index in [1.54, 1.807) is 6.20 Å². The van der Waals surface area contributed by atoms with Gasteiger partial charge in [-0.2, -0.15) is 0 Å². The number of unbranched alkanes of at least 4 members (excludes halogenated alkanes) is 1. The number of fused-ring (bicyclic) bond motifs is 2. The molecule has 0 radical (unpaired) electrons. The minimum Gasteiger partial charge on any atom is -0.382 e. The van der Waals surface area contributed by atoms with Gasteiger partial charge in [0, 0.05) is 56.7 Å². The van der Waals surface area contributed by atoms with E-state index >= 15 is 0 Å². The molecule has 0 atom stereocenters. The lowest BCUT2D eigenvalue weighted by molar-refractivity contribution is 0.118. The maximum atomic E-state index is 6.03. The highest BCUT2D eigenvalue weighted by molar-refractivity contribution is 5.89. The van der Waals surface area contributed by atoms with Crippen molar-refractivity contribution in [2.24, 2.45) is 0 Å². The van der Waals surface area contributed by atoms with Gasteiger partial charge in [0.15, 0.2) is 11.6 Å². The summed E-state index contributed by atoms with van der Waals surface area (Å²) in [6.45, 7) is 23.7. The molecule has 0 unspecified atom stereocenters. The van der Waals surface area contributed by atoms with E-state index in [0.717, 1.165) is 88.8 Å². The van der Waals surface area contributed by atoms with Crippen LogP contribution in [0.2, 0.25) is 0 Å². The van der Waals surface area contributed by atoms with Gasteiger partial charge in [0.2, 0.25) is 0 Å². The van der Waals surface area contributed by atoms with Crippen molar-refractivity contribution in [3.05, 3.63) is 64.3 Å². The molecule has 4 N–H and O–H groups in total. The Labute approximate surface area is 285 Å². The molecule has 48 heavy (non-hydrogen) atoms. The van der Waals surface area contributed by atoms with E-state index in [2.05, 4.69) is 47.9 Å². The molecule has 5 heterocycles. The van der Waals surface area contributed by atoms with Crippen molar-refractivity contribution < 1.29 is 14.2 Å². The van der Waals surface area contributed by atoms with Gasteiger partial charge in [-0.3, -0.25) is 4.98 Å². The Hall–Kier alpha value is -4.13. The summed E-state index contributed by atoms with van der Waals surface area (Å²) in [5.74, 6) is 2.81. The Bertz CT molecular complexity index is 1730. The lowest BCUT2D eigenvalue weighted by atomic mass is 10.2.